The van der Waals surface area contributed by atoms with Gasteiger partial charge < -0.3 is 20.1 Å². The second-order valence-corrected chi connectivity index (χ2v) is 9.17. The number of aromatic nitrogens is 2. The fraction of sp³-hybridized carbons (Fsp3) is 0.500. The second-order valence-electron chi connectivity index (χ2n) is 8.73. The van der Waals surface area contributed by atoms with Crippen LogP contribution < -0.4 is 20.9 Å². The summed E-state index contributed by atoms with van der Waals surface area (Å²) in [4.78, 5) is 23.2. The number of methoxy groups -OCH3 is 1. The van der Waals surface area contributed by atoms with Crippen molar-refractivity contribution < 1.29 is 14.6 Å². The smallest absolute Gasteiger partial charge is 0.318 e. The summed E-state index contributed by atoms with van der Waals surface area (Å²) in [6.07, 6.45) is 5.37. The zero-order valence-corrected chi connectivity index (χ0v) is 18.5. The number of carbonyl (C=O) groups is 1. The highest BCUT2D eigenvalue weighted by molar-refractivity contribution is 6.30. The first-order chi connectivity index (χ1) is 15.6. The minimum atomic E-state index is -0.432. The molecule has 3 heterocycles. The van der Waals surface area contributed by atoms with Crippen LogP contribution in [0.1, 0.15) is 36.1 Å². The lowest BCUT2D eigenvalue weighted by molar-refractivity contribution is 0.0623. The molecule has 0 bridgehead atoms. The van der Waals surface area contributed by atoms with Gasteiger partial charge in [0.15, 0.2) is 0 Å². The first-order valence-corrected chi connectivity index (χ1v) is 11.3. The summed E-state index contributed by atoms with van der Waals surface area (Å²) in [5.41, 5.74) is 8.64. The molecule has 32 heavy (non-hydrogen) atoms. The third-order valence-electron chi connectivity index (χ3n) is 6.99. The molecule has 5 rings (SSSR count). The Morgan fingerprint density at radius 2 is 2.06 bits per heavy atom. The molecule has 2 amide bonds. The van der Waals surface area contributed by atoms with Crippen molar-refractivity contribution >= 4 is 17.6 Å². The lowest BCUT2D eigenvalue weighted by Gasteiger charge is -2.47. The van der Waals surface area contributed by atoms with E-state index in [2.05, 4.69) is 26.1 Å². The summed E-state index contributed by atoms with van der Waals surface area (Å²) in [6, 6.07) is 7.53. The minimum absolute atomic E-state index is 0.0829. The Morgan fingerprint density at radius 3 is 2.78 bits per heavy atom. The van der Waals surface area contributed by atoms with Crippen LogP contribution in [0.3, 0.4) is 0 Å². The van der Waals surface area contributed by atoms with Gasteiger partial charge in [-0.05, 0) is 42.4 Å². The Bertz CT molecular complexity index is 976. The van der Waals surface area contributed by atoms with Crippen LogP contribution >= 0.6 is 11.6 Å². The lowest BCUT2D eigenvalue weighted by atomic mass is 9.71. The number of nitrogens with one attached hydrogen (secondary N) is 3. The fourth-order valence-electron chi connectivity index (χ4n) is 5.40. The molecule has 1 aromatic heterocycles. The van der Waals surface area contributed by atoms with Gasteiger partial charge in [0.1, 0.15) is 0 Å². The molecule has 3 fully saturated rings. The predicted molar refractivity (Wildman–Crippen MR) is 118 cm³/mol. The van der Waals surface area contributed by atoms with Crippen LogP contribution in [0.2, 0.25) is 5.02 Å². The number of carbonyl (C=O) groups excluding carboxylic acids is 1. The van der Waals surface area contributed by atoms with Crippen molar-refractivity contribution in [3.05, 3.63) is 52.8 Å². The summed E-state index contributed by atoms with van der Waals surface area (Å²) >= 11 is 6.15. The molecular formula is C22H27ClN6O3. The Hall–Kier alpha value is -2.46. The van der Waals surface area contributed by atoms with Crippen LogP contribution in [0, 0.1) is 11.8 Å². The fourth-order valence-corrected chi connectivity index (χ4v) is 5.60. The molecule has 2 aromatic rings. The number of hydrogen-bond donors (Lipinski definition) is 4. The summed E-state index contributed by atoms with van der Waals surface area (Å²) < 4.78 is 5.08. The van der Waals surface area contributed by atoms with E-state index in [-0.39, 0.29) is 36.7 Å². The number of ether oxygens (including phenoxy) is 1. The number of amides is 2. The molecule has 1 aliphatic carbocycles. The van der Waals surface area contributed by atoms with E-state index in [1.165, 1.54) is 0 Å². The molecule has 3 aliphatic rings. The molecule has 5 unspecified atom stereocenters. The SMILES string of the molecule is COc1ncc(C2NNC3CC4NC(=O)N([C@H](CO)c5cccc(Cl)c5)CC4CC32)cn1. The maximum Gasteiger partial charge on any atom is 0.318 e. The number of urea groups is 1. The number of aliphatic hydroxyl groups is 1. The van der Waals surface area contributed by atoms with Gasteiger partial charge in [-0.25, -0.2) is 20.2 Å². The van der Waals surface area contributed by atoms with Gasteiger partial charge in [0, 0.05) is 41.6 Å². The van der Waals surface area contributed by atoms with Gasteiger partial charge in [-0.3, -0.25) is 5.43 Å². The van der Waals surface area contributed by atoms with Crippen LogP contribution in [0.15, 0.2) is 36.7 Å². The quantitative estimate of drug-likeness (QED) is 0.540. The van der Waals surface area contributed by atoms with E-state index in [9.17, 15) is 9.90 Å². The molecule has 1 saturated carbocycles. The van der Waals surface area contributed by atoms with Gasteiger partial charge >= 0.3 is 12.0 Å². The number of rotatable bonds is 5. The van der Waals surface area contributed by atoms with Crippen LogP contribution in [0.25, 0.3) is 0 Å². The molecule has 10 heteroatoms. The van der Waals surface area contributed by atoms with Crippen molar-refractivity contribution in [1.29, 1.82) is 0 Å². The molecule has 0 radical (unpaired) electrons. The van der Waals surface area contributed by atoms with Crippen molar-refractivity contribution in [2.75, 3.05) is 20.3 Å². The second kappa shape index (κ2) is 8.82. The number of hydrogen-bond acceptors (Lipinski definition) is 7. The molecule has 0 spiro atoms. The molecule has 1 aromatic carbocycles. The highest BCUT2D eigenvalue weighted by atomic mass is 35.5. The van der Waals surface area contributed by atoms with Crippen molar-refractivity contribution in [1.82, 2.24) is 31.0 Å². The van der Waals surface area contributed by atoms with Crippen LogP contribution in [-0.2, 0) is 0 Å². The largest absolute Gasteiger partial charge is 0.467 e. The minimum Gasteiger partial charge on any atom is -0.467 e. The Labute approximate surface area is 191 Å². The molecule has 9 nitrogen and oxygen atoms in total. The molecule has 6 atom stereocenters. The molecule has 2 saturated heterocycles. The Morgan fingerprint density at radius 1 is 1.25 bits per heavy atom. The molecule has 2 aliphatic heterocycles. The van der Waals surface area contributed by atoms with Crippen molar-refractivity contribution in [2.45, 2.75) is 37.0 Å². The van der Waals surface area contributed by atoms with E-state index in [0.29, 0.717) is 23.5 Å². The average Bonchev–Trinajstić information content (AvgIpc) is 3.21. The standard InChI is InChI=1S/C22H27ClN6O3/c1-32-21-24-8-14(9-25-21)20-16-6-13-10-29(19(11-30)12-3-2-4-15(23)5-12)22(31)26-17(13)7-18(16)27-28-20/h2-5,8-9,13,16-20,27-28,30H,6-7,10-11H2,1H3,(H,26,31)/t13?,16?,17?,18?,19-,20?/m1/s1. The zero-order valence-electron chi connectivity index (χ0n) is 17.7. The van der Waals surface area contributed by atoms with E-state index >= 15 is 0 Å². The van der Waals surface area contributed by atoms with Crippen LogP contribution in [-0.4, -0.2) is 58.4 Å². The highest BCUT2D eigenvalue weighted by Gasteiger charge is 2.48. The number of fused-ring (bicyclic) bond motifs is 2. The summed E-state index contributed by atoms with van der Waals surface area (Å²) in [5, 5.41) is 13.9. The van der Waals surface area contributed by atoms with Crippen molar-refractivity contribution in [3.8, 4) is 6.01 Å². The van der Waals surface area contributed by atoms with Crippen molar-refractivity contribution in [3.63, 3.8) is 0 Å². The van der Waals surface area contributed by atoms with E-state index in [1.807, 2.05) is 18.2 Å². The normalized spacial score (nSPS) is 30.3. The van der Waals surface area contributed by atoms with Gasteiger partial charge in [0.25, 0.3) is 0 Å². The van der Waals surface area contributed by atoms with Gasteiger partial charge in [0.05, 0.1) is 25.8 Å². The number of benzene rings is 1. The van der Waals surface area contributed by atoms with Crippen LogP contribution in [0.4, 0.5) is 4.79 Å². The van der Waals surface area contributed by atoms with Gasteiger partial charge in [-0.1, -0.05) is 23.7 Å². The highest BCUT2D eigenvalue weighted by Crippen LogP contribution is 2.42. The lowest BCUT2D eigenvalue weighted by Crippen LogP contribution is -2.61. The van der Waals surface area contributed by atoms with Gasteiger partial charge in [-0.15, -0.1) is 0 Å². The third kappa shape index (κ3) is 3.90. The number of aliphatic hydroxyl groups excluding tert-OH is 1. The monoisotopic (exact) mass is 458 g/mol. The summed E-state index contributed by atoms with van der Waals surface area (Å²) in [5.74, 6) is 0.606. The number of halogens is 1. The molecule has 4 N–H and O–H groups in total. The maximum atomic E-state index is 13.0. The van der Waals surface area contributed by atoms with E-state index < -0.39 is 6.04 Å². The average molecular weight is 459 g/mol. The molecular weight excluding hydrogens is 432 g/mol. The topological polar surface area (TPSA) is 112 Å². The first kappa shape index (κ1) is 21.4. The van der Waals surface area contributed by atoms with E-state index in [1.54, 1.807) is 30.5 Å². The van der Waals surface area contributed by atoms with E-state index in [4.69, 9.17) is 16.3 Å². The number of nitrogens with zero attached hydrogens (tertiary/aromatic N) is 3. The Kier molecular flexibility index (Phi) is 5.90. The Balaban J connectivity index is 1.34. The predicted octanol–water partition coefficient (Wildman–Crippen LogP) is 1.81. The first-order valence-electron chi connectivity index (χ1n) is 10.9. The van der Waals surface area contributed by atoms with Gasteiger partial charge in [0.2, 0.25) is 0 Å². The van der Waals surface area contributed by atoms with Crippen LogP contribution in [0.5, 0.6) is 6.01 Å². The summed E-state index contributed by atoms with van der Waals surface area (Å²) in [6.45, 7) is 0.426. The molecule has 170 valence electrons. The van der Waals surface area contributed by atoms with Crippen molar-refractivity contribution in [2.24, 2.45) is 11.8 Å². The third-order valence-corrected chi connectivity index (χ3v) is 7.23. The van der Waals surface area contributed by atoms with E-state index in [0.717, 1.165) is 24.0 Å². The van der Waals surface area contributed by atoms with Gasteiger partial charge in [-0.2, -0.15) is 0 Å². The zero-order chi connectivity index (χ0) is 22.2. The summed E-state index contributed by atoms with van der Waals surface area (Å²) in [7, 11) is 1.55. The maximum absolute atomic E-state index is 13.0. The number of hydrazine groups is 1.